The number of carbonyl (C=O) groups is 2. The fourth-order valence-corrected chi connectivity index (χ4v) is 0.920. The van der Waals surface area contributed by atoms with Crippen molar-refractivity contribution < 1.29 is 19.1 Å². The molecule has 0 heterocycles. The molecule has 1 atom stereocenters. The van der Waals surface area contributed by atoms with Gasteiger partial charge in [0.15, 0.2) is 0 Å². The Labute approximate surface area is 118 Å². The van der Waals surface area contributed by atoms with E-state index in [-0.39, 0.29) is 0 Å². The maximum Gasteiger partial charge on any atom is 0.408 e. The summed E-state index contributed by atoms with van der Waals surface area (Å²) in [6.45, 7) is 15.0. The normalized spacial score (nSPS) is 10.8. The number of hydrogen-bond donors (Lipinski definition) is 1. The van der Waals surface area contributed by atoms with Crippen molar-refractivity contribution in [3.63, 3.8) is 0 Å². The first-order valence-electron chi connectivity index (χ1n) is 6.87. The SMILES string of the molecule is CC.CC.CCC(NC(=O)OC(C)(C)C)C(=O)OC. The van der Waals surface area contributed by atoms with Gasteiger partial charge in [0, 0.05) is 0 Å². The van der Waals surface area contributed by atoms with Gasteiger partial charge >= 0.3 is 12.1 Å². The molecule has 0 aromatic heterocycles. The van der Waals surface area contributed by atoms with Gasteiger partial charge in [0.2, 0.25) is 0 Å². The Bertz CT molecular complexity index is 234. The van der Waals surface area contributed by atoms with Crippen LogP contribution in [0, 0.1) is 0 Å². The third kappa shape index (κ3) is 14.7. The van der Waals surface area contributed by atoms with E-state index >= 15 is 0 Å². The number of rotatable bonds is 3. The number of ether oxygens (including phenoxy) is 2. The zero-order chi connectivity index (χ0) is 16.1. The minimum absolute atomic E-state index is 0.464. The molecule has 0 saturated heterocycles. The Morgan fingerprint density at radius 3 is 1.79 bits per heavy atom. The van der Waals surface area contributed by atoms with E-state index in [1.807, 2.05) is 27.7 Å². The van der Waals surface area contributed by atoms with E-state index in [0.717, 1.165) is 0 Å². The van der Waals surface area contributed by atoms with Gasteiger partial charge in [-0.05, 0) is 27.2 Å². The van der Waals surface area contributed by atoms with Crippen LogP contribution in [0.3, 0.4) is 0 Å². The maximum absolute atomic E-state index is 11.3. The summed E-state index contributed by atoms with van der Waals surface area (Å²) >= 11 is 0. The van der Waals surface area contributed by atoms with Crippen LogP contribution in [0.1, 0.15) is 61.8 Å². The van der Waals surface area contributed by atoms with Gasteiger partial charge in [0.25, 0.3) is 0 Å². The van der Waals surface area contributed by atoms with Gasteiger partial charge in [-0.3, -0.25) is 0 Å². The standard InChI is InChI=1S/C10H19NO4.2C2H6/c1-6-7(8(12)14-5)11-9(13)15-10(2,3)4;2*1-2/h7H,6H2,1-5H3,(H,11,13);2*1-2H3. The Kier molecular flexibility index (Phi) is 15.9. The predicted octanol–water partition coefficient (Wildman–Crippen LogP) is 3.52. The molecular formula is C14H31NO4. The van der Waals surface area contributed by atoms with Crippen molar-refractivity contribution in [2.45, 2.75) is 73.5 Å². The lowest BCUT2D eigenvalue weighted by molar-refractivity contribution is -0.143. The van der Waals surface area contributed by atoms with Gasteiger partial charge < -0.3 is 14.8 Å². The van der Waals surface area contributed by atoms with E-state index in [1.165, 1.54) is 7.11 Å². The molecule has 1 amide bonds. The minimum atomic E-state index is -0.648. The second-order valence-corrected chi connectivity index (χ2v) is 4.13. The zero-order valence-corrected chi connectivity index (χ0v) is 13.9. The molecule has 0 fully saturated rings. The van der Waals surface area contributed by atoms with Gasteiger partial charge in [-0.2, -0.15) is 0 Å². The Morgan fingerprint density at radius 2 is 1.53 bits per heavy atom. The highest BCUT2D eigenvalue weighted by Crippen LogP contribution is 2.07. The Hall–Kier alpha value is -1.26. The van der Waals surface area contributed by atoms with Crippen LogP contribution in [0.25, 0.3) is 0 Å². The predicted molar refractivity (Wildman–Crippen MR) is 78.2 cm³/mol. The maximum atomic E-state index is 11.3. The lowest BCUT2D eigenvalue weighted by Gasteiger charge is -2.21. The van der Waals surface area contributed by atoms with Crippen molar-refractivity contribution in [2.24, 2.45) is 0 Å². The van der Waals surface area contributed by atoms with Gasteiger partial charge in [-0.25, -0.2) is 9.59 Å². The van der Waals surface area contributed by atoms with E-state index in [2.05, 4.69) is 10.1 Å². The fraction of sp³-hybridized carbons (Fsp3) is 0.857. The average Bonchev–Trinajstić information content (AvgIpc) is 2.37. The lowest BCUT2D eigenvalue weighted by atomic mass is 10.2. The molecule has 0 aliphatic heterocycles. The smallest absolute Gasteiger partial charge is 0.408 e. The molecule has 1 N–H and O–H groups in total. The summed E-state index contributed by atoms with van der Waals surface area (Å²) in [6.07, 6.45) is -0.147. The lowest BCUT2D eigenvalue weighted by Crippen LogP contribution is -2.43. The highest BCUT2D eigenvalue weighted by molar-refractivity contribution is 5.81. The van der Waals surface area contributed by atoms with Crippen molar-refractivity contribution in [2.75, 3.05) is 7.11 Å². The van der Waals surface area contributed by atoms with Crippen molar-refractivity contribution in [1.29, 1.82) is 0 Å². The minimum Gasteiger partial charge on any atom is -0.467 e. The van der Waals surface area contributed by atoms with Crippen LogP contribution in [0.2, 0.25) is 0 Å². The van der Waals surface area contributed by atoms with Gasteiger partial charge in [0.05, 0.1) is 7.11 Å². The van der Waals surface area contributed by atoms with Crippen LogP contribution < -0.4 is 5.32 Å². The number of nitrogens with one attached hydrogen (secondary N) is 1. The van der Waals surface area contributed by atoms with Gasteiger partial charge in [-0.15, -0.1) is 0 Å². The summed E-state index contributed by atoms with van der Waals surface area (Å²) in [5.41, 5.74) is -0.571. The number of carbonyl (C=O) groups excluding carboxylic acids is 2. The molecule has 5 nitrogen and oxygen atoms in total. The fourth-order valence-electron chi connectivity index (χ4n) is 0.920. The van der Waals surface area contributed by atoms with Crippen molar-refractivity contribution in [3.05, 3.63) is 0 Å². The molecule has 0 bridgehead atoms. The molecule has 1 unspecified atom stereocenters. The first-order chi connectivity index (χ1) is 8.80. The molecule has 0 aromatic rings. The summed E-state index contributed by atoms with van der Waals surface area (Å²) in [5.74, 6) is -0.469. The van der Waals surface area contributed by atoms with E-state index in [0.29, 0.717) is 6.42 Å². The van der Waals surface area contributed by atoms with Gasteiger partial charge in [-0.1, -0.05) is 34.6 Å². The van der Waals surface area contributed by atoms with Crippen LogP contribution in [0.4, 0.5) is 4.79 Å². The largest absolute Gasteiger partial charge is 0.467 e. The average molecular weight is 277 g/mol. The molecule has 19 heavy (non-hydrogen) atoms. The summed E-state index contributed by atoms with van der Waals surface area (Å²) < 4.78 is 9.53. The van der Waals surface area contributed by atoms with Crippen LogP contribution in [-0.4, -0.2) is 30.8 Å². The van der Waals surface area contributed by atoms with Crippen molar-refractivity contribution >= 4 is 12.1 Å². The third-order valence-electron chi connectivity index (χ3n) is 1.58. The molecular weight excluding hydrogens is 246 g/mol. The molecule has 0 aromatic carbocycles. The van der Waals surface area contributed by atoms with E-state index < -0.39 is 23.7 Å². The summed E-state index contributed by atoms with van der Waals surface area (Å²) in [7, 11) is 1.28. The molecule has 0 aliphatic rings. The number of amides is 1. The molecule has 0 radical (unpaired) electrons. The number of methoxy groups -OCH3 is 1. The highest BCUT2D eigenvalue weighted by Gasteiger charge is 2.23. The Morgan fingerprint density at radius 1 is 1.11 bits per heavy atom. The number of esters is 1. The van der Waals surface area contributed by atoms with Crippen LogP contribution in [0.5, 0.6) is 0 Å². The highest BCUT2D eigenvalue weighted by atomic mass is 16.6. The first kappa shape index (κ1) is 22.9. The first-order valence-corrected chi connectivity index (χ1v) is 6.87. The molecule has 0 saturated carbocycles. The van der Waals surface area contributed by atoms with Crippen molar-refractivity contribution in [3.8, 4) is 0 Å². The molecule has 0 rings (SSSR count). The quantitative estimate of drug-likeness (QED) is 0.802. The molecule has 0 spiro atoms. The third-order valence-corrected chi connectivity index (χ3v) is 1.58. The number of hydrogen-bond acceptors (Lipinski definition) is 4. The van der Waals surface area contributed by atoms with E-state index in [9.17, 15) is 9.59 Å². The van der Waals surface area contributed by atoms with E-state index in [4.69, 9.17) is 4.74 Å². The summed E-state index contributed by atoms with van der Waals surface area (Å²) in [5, 5.41) is 2.44. The number of alkyl carbamates (subject to hydrolysis) is 1. The van der Waals surface area contributed by atoms with E-state index in [1.54, 1.807) is 27.7 Å². The van der Waals surface area contributed by atoms with Crippen LogP contribution in [0.15, 0.2) is 0 Å². The van der Waals surface area contributed by atoms with Crippen LogP contribution >= 0.6 is 0 Å². The monoisotopic (exact) mass is 277 g/mol. The zero-order valence-electron chi connectivity index (χ0n) is 13.9. The molecule has 0 aliphatic carbocycles. The molecule has 116 valence electrons. The summed E-state index contributed by atoms with van der Waals surface area (Å²) in [4.78, 5) is 22.5. The molecule has 5 heteroatoms. The Balaban J connectivity index is -0.000000579. The second kappa shape index (κ2) is 13.2. The van der Waals surface area contributed by atoms with Gasteiger partial charge in [0.1, 0.15) is 11.6 Å². The second-order valence-electron chi connectivity index (χ2n) is 4.13. The van der Waals surface area contributed by atoms with Crippen LogP contribution in [-0.2, 0) is 14.3 Å². The topological polar surface area (TPSA) is 64.6 Å². The van der Waals surface area contributed by atoms with Crippen molar-refractivity contribution in [1.82, 2.24) is 5.32 Å². The summed E-state index contributed by atoms with van der Waals surface area (Å²) in [6, 6.07) is -0.648.